The largest absolute Gasteiger partial charge is 0.375 e. The summed E-state index contributed by atoms with van der Waals surface area (Å²) in [4.78, 5) is 15.8. The summed E-state index contributed by atoms with van der Waals surface area (Å²) in [5.74, 6) is 0.980. The van der Waals surface area contributed by atoms with Crippen LogP contribution in [0, 0.1) is 11.8 Å². The van der Waals surface area contributed by atoms with Crippen molar-refractivity contribution in [1.29, 1.82) is 0 Å². The molecule has 0 aromatic carbocycles. The van der Waals surface area contributed by atoms with Crippen molar-refractivity contribution in [3.63, 3.8) is 0 Å². The van der Waals surface area contributed by atoms with Crippen molar-refractivity contribution in [2.24, 2.45) is 18.9 Å². The lowest BCUT2D eigenvalue weighted by molar-refractivity contribution is -0.124. The highest BCUT2D eigenvalue weighted by Crippen LogP contribution is 2.39. The number of amides is 1. The molecule has 1 spiro atoms. The average Bonchev–Trinajstić information content (AvgIpc) is 3.43. The van der Waals surface area contributed by atoms with Crippen LogP contribution in [0.1, 0.15) is 44.9 Å². The second-order valence-corrected chi connectivity index (χ2v) is 10.4. The van der Waals surface area contributed by atoms with Crippen molar-refractivity contribution in [3.8, 4) is 0 Å². The lowest BCUT2D eigenvalue weighted by Crippen LogP contribution is -2.51. The SMILES string of the molecule is Cn1cnc(S(=O)(=O)N2CCC3(CC2)CC(CCNC(=O)C2CC2)CCO3)c1. The van der Waals surface area contributed by atoms with Crippen LogP contribution in [0.4, 0.5) is 0 Å². The number of hydrogen-bond acceptors (Lipinski definition) is 5. The number of ether oxygens (including phenoxy) is 1. The zero-order valence-electron chi connectivity index (χ0n) is 16.5. The lowest BCUT2D eigenvalue weighted by atomic mass is 9.79. The first-order valence-corrected chi connectivity index (χ1v) is 11.7. The van der Waals surface area contributed by atoms with E-state index in [-0.39, 0.29) is 22.5 Å². The standard InChI is InChI=1S/C19H30N4O4S/c1-22-13-17(21-14-22)28(25,26)23-9-6-19(7-10-23)12-15(5-11-27-19)4-8-20-18(24)16-2-3-16/h13-16H,2-12H2,1H3,(H,20,24). The van der Waals surface area contributed by atoms with Gasteiger partial charge < -0.3 is 14.6 Å². The van der Waals surface area contributed by atoms with E-state index in [1.54, 1.807) is 17.8 Å². The normalized spacial score (nSPS) is 25.7. The topological polar surface area (TPSA) is 93.5 Å². The van der Waals surface area contributed by atoms with Crippen molar-refractivity contribution < 1.29 is 17.9 Å². The summed E-state index contributed by atoms with van der Waals surface area (Å²) in [5, 5.41) is 3.17. The maximum absolute atomic E-state index is 12.8. The van der Waals surface area contributed by atoms with Gasteiger partial charge in [0, 0.05) is 45.4 Å². The van der Waals surface area contributed by atoms with E-state index in [2.05, 4.69) is 10.3 Å². The molecule has 1 aromatic rings. The summed E-state index contributed by atoms with van der Waals surface area (Å²) in [6.45, 7) is 2.37. The number of carbonyl (C=O) groups is 1. The Morgan fingerprint density at radius 3 is 2.71 bits per heavy atom. The van der Waals surface area contributed by atoms with E-state index in [0.717, 1.165) is 38.6 Å². The van der Waals surface area contributed by atoms with E-state index in [0.29, 0.717) is 38.5 Å². The number of imidazole rings is 1. The third-order valence-electron chi connectivity index (χ3n) is 6.31. The summed E-state index contributed by atoms with van der Waals surface area (Å²) in [5.41, 5.74) is -0.223. The number of aryl methyl sites for hydroxylation is 1. The maximum atomic E-state index is 12.8. The molecule has 4 rings (SSSR count). The van der Waals surface area contributed by atoms with E-state index in [1.807, 2.05) is 0 Å². The Labute approximate surface area is 166 Å². The van der Waals surface area contributed by atoms with Gasteiger partial charge in [-0.05, 0) is 50.9 Å². The van der Waals surface area contributed by atoms with Gasteiger partial charge in [0.05, 0.1) is 11.9 Å². The molecule has 28 heavy (non-hydrogen) atoms. The van der Waals surface area contributed by atoms with Crippen LogP contribution in [0.3, 0.4) is 0 Å². The van der Waals surface area contributed by atoms with Crippen LogP contribution in [0.2, 0.25) is 0 Å². The van der Waals surface area contributed by atoms with Crippen LogP contribution < -0.4 is 5.32 Å². The summed E-state index contributed by atoms with van der Waals surface area (Å²) in [6, 6.07) is 0. The van der Waals surface area contributed by atoms with Crippen molar-refractivity contribution in [3.05, 3.63) is 12.5 Å². The maximum Gasteiger partial charge on any atom is 0.262 e. The predicted octanol–water partition coefficient (Wildman–Crippen LogP) is 1.29. The molecule has 1 N–H and O–H groups in total. The van der Waals surface area contributed by atoms with Crippen LogP contribution in [0.15, 0.2) is 17.6 Å². The first-order valence-electron chi connectivity index (χ1n) is 10.3. The van der Waals surface area contributed by atoms with Crippen LogP contribution in [0.25, 0.3) is 0 Å². The Bertz CT molecular complexity index is 810. The monoisotopic (exact) mass is 410 g/mol. The Kier molecular flexibility index (Phi) is 5.50. The van der Waals surface area contributed by atoms with E-state index >= 15 is 0 Å². The van der Waals surface area contributed by atoms with E-state index in [9.17, 15) is 13.2 Å². The van der Waals surface area contributed by atoms with Gasteiger partial charge >= 0.3 is 0 Å². The third kappa shape index (κ3) is 4.26. The first-order chi connectivity index (χ1) is 13.4. The van der Waals surface area contributed by atoms with Gasteiger partial charge in [-0.15, -0.1) is 0 Å². The molecule has 9 heteroatoms. The first kappa shape index (κ1) is 19.8. The molecule has 3 fully saturated rings. The lowest BCUT2D eigenvalue weighted by Gasteiger charge is -2.45. The van der Waals surface area contributed by atoms with E-state index in [1.165, 1.54) is 10.6 Å². The Morgan fingerprint density at radius 1 is 1.32 bits per heavy atom. The zero-order valence-corrected chi connectivity index (χ0v) is 17.3. The smallest absolute Gasteiger partial charge is 0.262 e. The molecule has 8 nitrogen and oxygen atoms in total. The van der Waals surface area contributed by atoms with Gasteiger partial charge in [0.15, 0.2) is 5.03 Å². The highest BCUT2D eigenvalue weighted by atomic mass is 32.2. The van der Waals surface area contributed by atoms with Gasteiger partial charge in [0.25, 0.3) is 10.0 Å². The van der Waals surface area contributed by atoms with Gasteiger partial charge in [-0.2, -0.15) is 4.31 Å². The quantitative estimate of drug-likeness (QED) is 0.763. The second-order valence-electron chi connectivity index (χ2n) is 8.53. The Hall–Kier alpha value is -1.45. The van der Waals surface area contributed by atoms with Crippen LogP contribution >= 0.6 is 0 Å². The molecular formula is C19H30N4O4S. The number of aromatic nitrogens is 2. The number of rotatable bonds is 6. The Balaban J connectivity index is 1.29. The number of hydrogen-bond donors (Lipinski definition) is 1. The molecule has 1 atom stereocenters. The van der Waals surface area contributed by atoms with Crippen molar-refractivity contribution in [2.75, 3.05) is 26.2 Å². The molecule has 0 bridgehead atoms. The van der Waals surface area contributed by atoms with Crippen molar-refractivity contribution in [1.82, 2.24) is 19.2 Å². The highest BCUT2D eigenvalue weighted by Gasteiger charge is 2.43. The van der Waals surface area contributed by atoms with Crippen LogP contribution in [-0.4, -0.2) is 60.0 Å². The molecule has 1 aromatic heterocycles. The van der Waals surface area contributed by atoms with E-state index in [4.69, 9.17) is 4.74 Å². The minimum Gasteiger partial charge on any atom is -0.375 e. The fraction of sp³-hybridized carbons (Fsp3) is 0.789. The second kappa shape index (κ2) is 7.76. The fourth-order valence-electron chi connectivity index (χ4n) is 4.40. The molecule has 0 radical (unpaired) electrons. The number of nitrogens with zero attached hydrogens (tertiary/aromatic N) is 3. The van der Waals surface area contributed by atoms with Crippen molar-refractivity contribution >= 4 is 15.9 Å². The zero-order chi connectivity index (χ0) is 19.8. The summed E-state index contributed by atoms with van der Waals surface area (Å²) >= 11 is 0. The number of carbonyl (C=O) groups excluding carboxylic acids is 1. The summed E-state index contributed by atoms with van der Waals surface area (Å²) < 4.78 is 34.9. The number of sulfonamides is 1. The number of piperidine rings is 1. The molecule has 3 aliphatic rings. The third-order valence-corrected chi connectivity index (χ3v) is 8.10. The van der Waals surface area contributed by atoms with Crippen LogP contribution in [0.5, 0.6) is 0 Å². The Morgan fingerprint density at radius 2 is 2.07 bits per heavy atom. The minimum absolute atomic E-state index is 0.111. The van der Waals surface area contributed by atoms with Crippen molar-refractivity contribution in [2.45, 2.75) is 55.6 Å². The minimum atomic E-state index is -3.54. The molecule has 1 amide bonds. The molecule has 1 aliphatic carbocycles. The van der Waals surface area contributed by atoms with E-state index < -0.39 is 10.0 Å². The molecule has 1 unspecified atom stereocenters. The van der Waals surface area contributed by atoms with Gasteiger partial charge in [0.1, 0.15) is 0 Å². The fourth-order valence-corrected chi connectivity index (χ4v) is 5.81. The molecule has 1 saturated carbocycles. The number of nitrogens with one attached hydrogen (secondary N) is 1. The molecule has 3 heterocycles. The molecule has 156 valence electrons. The van der Waals surface area contributed by atoms with Crippen LogP contribution in [-0.2, 0) is 26.6 Å². The predicted molar refractivity (Wildman–Crippen MR) is 103 cm³/mol. The van der Waals surface area contributed by atoms with Gasteiger partial charge in [-0.3, -0.25) is 4.79 Å². The molecule has 2 saturated heterocycles. The highest BCUT2D eigenvalue weighted by molar-refractivity contribution is 7.89. The van der Waals surface area contributed by atoms with Gasteiger partial charge in [-0.1, -0.05) is 0 Å². The summed E-state index contributed by atoms with van der Waals surface area (Å²) in [6.07, 6.45) is 9.47. The van der Waals surface area contributed by atoms with Gasteiger partial charge in [-0.25, -0.2) is 13.4 Å². The van der Waals surface area contributed by atoms with Gasteiger partial charge in [0.2, 0.25) is 5.91 Å². The summed E-state index contributed by atoms with van der Waals surface area (Å²) in [7, 11) is -1.77. The molecular weight excluding hydrogens is 380 g/mol. The molecule has 2 aliphatic heterocycles. The average molecular weight is 411 g/mol.